The number of nitro groups is 1. The summed E-state index contributed by atoms with van der Waals surface area (Å²) in [6.45, 7) is 5.65. The first-order valence-corrected chi connectivity index (χ1v) is 9.01. The molecule has 0 aliphatic carbocycles. The molecule has 1 aromatic rings. The number of hydrogen-bond donors (Lipinski definition) is 1. The third-order valence-electron chi connectivity index (χ3n) is 4.23. The quantitative estimate of drug-likeness (QED) is 0.587. The summed E-state index contributed by atoms with van der Waals surface area (Å²) >= 11 is 0. The molecule has 0 bridgehead atoms. The van der Waals surface area contributed by atoms with E-state index in [9.17, 15) is 24.5 Å². The van der Waals surface area contributed by atoms with Crippen molar-refractivity contribution >= 4 is 24.0 Å². The molecule has 0 spiro atoms. The van der Waals surface area contributed by atoms with Crippen LogP contribution in [-0.2, 0) is 20.7 Å². The van der Waals surface area contributed by atoms with Crippen LogP contribution in [0.25, 0.3) is 0 Å². The van der Waals surface area contributed by atoms with Gasteiger partial charge in [-0.15, -0.1) is 0 Å². The minimum absolute atomic E-state index is 0.0571. The number of ether oxygens (including phenoxy) is 1. The molecule has 0 saturated carbocycles. The molecule has 28 heavy (non-hydrogen) atoms. The number of benzene rings is 1. The monoisotopic (exact) mass is 390 g/mol. The maximum absolute atomic E-state index is 12.6. The van der Waals surface area contributed by atoms with E-state index < -0.39 is 34.6 Å². The van der Waals surface area contributed by atoms with Crippen molar-refractivity contribution in [1.29, 1.82) is 0 Å². The SMILES string of the molecule is CC(C)(C)OC(=O)N1CCC[C@@H]1C(=O)N[C@H]([C]=O)Cc1ccc([N+](=O)[O-])cc1. The Labute approximate surface area is 163 Å². The fourth-order valence-electron chi connectivity index (χ4n) is 2.96. The van der Waals surface area contributed by atoms with Crippen LogP contribution in [0.1, 0.15) is 39.2 Å². The van der Waals surface area contributed by atoms with E-state index in [1.807, 2.05) is 0 Å². The van der Waals surface area contributed by atoms with Gasteiger partial charge in [-0.05, 0) is 39.2 Å². The van der Waals surface area contributed by atoms with E-state index in [2.05, 4.69) is 5.32 Å². The number of non-ortho nitro benzene ring substituents is 1. The van der Waals surface area contributed by atoms with Crippen molar-refractivity contribution in [1.82, 2.24) is 10.2 Å². The van der Waals surface area contributed by atoms with Crippen LogP contribution in [-0.4, -0.2) is 52.3 Å². The predicted molar refractivity (Wildman–Crippen MR) is 100 cm³/mol. The van der Waals surface area contributed by atoms with Crippen LogP contribution in [0.2, 0.25) is 0 Å². The van der Waals surface area contributed by atoms with Crippen molar-refractivity contribution < 1.29 is 24.0 Å². The van der Waals surface area contributed by atoms with Crippen molar-refractivity contribution in [2.75, 3.05) is 6.54 Å². The van der Waals surface area contributed by atoms with Crippen molar-refractivity contribution in [2.24, 2.45) is 0 Å². The number of nitro benzene ring substituents is 1. The Hall–Kier alpha value is -2.97. The van der Waals surface area contributed by atoms with Gasteiger partial charge in [0, 0.05) is 25.1 Å². The Morgan fingerprint density at radius 3 is 2.54 bits per heavy atom. The van der Waals surface area contributed by atoms with Gasteiger partial charge in [0.15, 0.2) is 0 Å². The number of nitrogens with one attached hydrogen (secondary N) is 1. The van der Waals surface area contributed by atoms with Gasteiger partial charge in [-0.1, -0.05) is 12.1 Å². The lowest BCUT2D eigenvalue weighted by molar-refractivity contribution is -0.384. The minimum Gasteiger partial charge on any atom is -0.444 e. The average Bonchev–Trinajstić information content (AvgIpc) is 3.10. The van der Waals surface area contributed by atoms with Crippen molar-refractivity contribution in [2.45, 2.75) is 57.7 Å². The highest BCUT2D eigenvalue weighted by molar-refractivity contribution is 5.88. The highest BCUT2D eigenvalue weighted by atomic mass is 16.6. The van der Waals surface area contributed by atoms with E-state index in [0.29, 0.717) is 24.9 Å². The highest BCUT2D eigenvalue weighted by Crippen LogP contribution is 2.21. The summed E-state index contributed by atoms with van der Waals surface area (Å²) in [6, 6.07) is 4.09. The molecule has 1 fully saturated rings. The molecule has 2 atom stereocenters. The van der Waals surface area contributed by atoms with E-state index >= 15 is 0 Å². The number of likely N-dealkylation sites (tertiary alicyclic amines) is 1. The van der Waals surface area contributed by atoms with Gasteiger partial charge >= 0.3 is 6.09 Å². The minimum atomic E-state index is -0.921. The van der Waals surface area contributed by atoms with Gasteiger partial charge in [0.1, 0.15) is 11.6 Å². The molecular weight excluding hydrogens is 366 g/mol. The van der Waals surface area contributed by atoms with Crippen LogP contribution in [0, 0.1) is 10.1 Å². The Bertz CT molecular complexity index is 741. The van der Waals surface area contributed by atoms with Crippen LogP contribution >= 0.6 is 0 Å². The van der Waals surface area contributed by atoms with Gasteiger partial charge < -0.3 is 10.1 Å². The van der Waals surface area contributed by atoms with Crippen LogP contribution in [0.3, 0.4) is 0 Å². The fraction of sp³-hybridized carbons (Fsp3) is 0.526. The van der Waals surface area contributed by atoms with Crippen LogP contribution in [0.4, 0.5) is 10.5 Å². The Kier molecular flexibility index (Phi) is 6.71. The van der Waals surface area contributed by atoms with Crippen LogP contribution in [0.15, 0.2) is 24.3 Å². The zero-order valence-electron chi connectivity index (χ0n) is 16.1. The Balaban J connectivity index is 1.99. The number of carbonyl (C=O) groups excluding carboxylic acids is 3. The number of hydrogen-bond acceptors (Lipinski definition) is 6. The molecule has 151 valence electrons. The summed E-state index contributed by atoms with van der Waals surface area (Å²) in [7, 11) is 0. The van der Waals surface area contributed by atoms with Gasteiger partial charge in [0.2, 0.25) is 12.2 Å². The van der Waals surface area contributed by atoms with E-state index in [4.69, 9.17) is 4.74 Å². The molecule has 2 amide bonds. The third-order valence-corrected chi connectivity index (χ3v) is 4.23. The van der Waals surface area contributed by atoms with Gasteiger partial charge in [0.05, 0.1) is 11.0 Å². The highest BCUT2D eigenvalue weighted by Gasteiger charge is 2.37. The lowest BCUT2D eigenvalue weighted by Gasteiger charge is -2.28. The van der Waals surface area contributed by atoms with Gasteiger partial charge in [-0.2, -0.15) is 0 Å². The summed E-state index contributed by atoms with van der Waals surface area (Å²) in [5.74, 6) is -0.446. The zero-order chi connectivity index (χ0) is 20.9. The Morgan fingerprint density at radius 2 is 2.00 bits per heavy atom. The fourth-order valence-corrected chi connectivity index (χ4v) is 2.96. The van der Waals surface area contributed by atoms with Crippen molar-refractivity contribution in [3.8, 4) is 0 Å². The second kappa shape index (κ2) is 8.81. The first-order chi connectivity index (χ1) is 13.1. The molecule has 2 rings (SSSR count). The summed E-state index contributed by atoms with van der Waals surface area (Å²) in [6.07, 6.45) is 2.50. The van der Waals surface area contributed by atoms with E-state index in [1.165, 1.54) is 29.2 Å². The van der Waals surface area contributed by atoms with Gasteiger partial charge in [-0.25, -0.2) is 4.79 Å². The molecule has 1 saturated heterocycles. The second-order valence-electron chi connectivity index (χ2n) is 7.64. The molecular formula is C19H24N3O6. The molecule has 1 radical (unpaired) electrons. The van der Waals surface area contributed by atoms with E-state index in [1.54, 1.807) is 27.1 Å². The lowest BCUT2D eigenvalue weighted by atomic mass is 10.1. The third kappa shape index (κ3) is 5.77. The first-order valence-electron chi connectivity index (χ1n) is 9.01. The number of nitrogens with zero attached hydrogens (tertiary/aromatic N) is 2. The van der Waals surface area contributed by atoms with E-state index in [0.717, 1.165) is 0 Å². The molecule has 9 nitrogen and oxygen atoms in total. The number of carbonyl (C=O) groups is 2. The maximum atomic E-state index is 12.6. The predicted octanol–water partition coefficient (Wildman–Crippen LogP) is 2.13. The van der Waals surface area contributed by atoms with Gasteiger partial charge in [-0.3, -0.25) is 24.6 Å². The largest absolute Gasteiger partial charge is 0.444 e. The molecule has 9 heteroatoms. The zero-order valence-corrected chi connectivity index (χ0v) is 16.1. The maximum Gasteiger partial charge on any atom is 0.410 e. The van der Waals surface area contributed by atoms with Crippen LogP contribution < -0.4 is 5.32 Å². The first kappa shape index (κ1) is 21.3. The van der Waals surface area contributed by atoms with Crippen LogP contribution in [0.5, 0.6) is 0 Å². The standard InChI is InChI=1S/C19H24N3O6/c1-19(2,3)28-18(25)21-10-4-5-16(21)17(24)20-14(12-23)11-13-6-8-15(9-7-13)22(26)27/h6-9,14,16H,4-5,10-11H2,1-3H3,(H,20,24)/t14-,16+/m0/s1. The molecule has 1 aromatic carbocycles. The van der Waals surface area contributed by atoms with Crippen molar-refractivity contribution in [3.05, 3.63) is 39.9 Å². The Morgan fingerprint density at radius 1 is 1.36 bits per heavy atom. The summed E-state index contributed by atoms with van der Waals surface area (Å²) in [5, 5.41) is 13.3. The molecule has 0 aromatic heterocycles. The molecule has 1 N–H and O–H groups in total. The normalized spacial score (nSPS) is 17.7. The summed E-state index contributed by atoms with van der Waals surface area (Å²) in [5.41, 5.74) is -0.0801. The topological polar surface area (TPSA) is 119 Å². The molecule has 1 aliphatic heterocycles. The van der Waals surface area contributed by atoms with Crippen molar-refractivity contribution in [3.63, 3.8) is 0 Å². The second-order valence-corrected chi connectivity index (χ2v) is 7.64. The lowest BCUT2D eigenvalue weighted by Crippen LogP contribution is -2.50. The van der Waals surface area contributed by atoms with E-state index in [-0.39, 0.29) is 12.1 Å². The molecule has 1 heterocycles. The summed E-state index contributed by atoms with van der Waals surface area (Å²) < 4.78 is 5.33. The number of rotatable bonds is 6. The summed E-state index contributed by atoms with van der Waals surface area (Å²) in [4.78, 5) is 47.7. The van der Waals surface area contributed by atoms with Gasteiger partial charge in [0.25, 0.3) is 5.69 Å². The average molecular weight is 390 g/mol. The molecule has 0 unspecified atom stereocenters. The molecule has 1 aliphatic rings. The smallest absolute Gasteiger partial charge is 0.410 e. The number of amides is 2.